The lowest BCUT2D eigenvalue weighted by Gasteiger charge is -2.17. The van der Waals surface area contributed by atoms with Crippen LogP contribution in [0.25, 0.3) is 10.9 Å². The lowest BCUT2D eigenvalue weighted by Crippen LogP contribution is -2.20. The summed E-state index contributed by atoms with van der Waals surface area (Å²) in [6.07, 6.45) is 1.14. The largest absolute Gasteiger partial charge is 0.487 e. The molecule has 4 nitrogen and oxygen atoms in total. The second-order valence-electron chi connectivity index (χ2n) is 5.91. The number of hydrogen-bond donors (Lipinski definition) is 0. The van der Waals surface area contributed by atoms with Gasteiger partial charge in [-0.15, -0.1) is 0 Å². The Morgan fingerprint density at radius 2 is 2.12 bits per heavy atom. The van der Waals surface area contributed by atoms with Gasteiger partial charge in [0.25, 0.3) is 0 Å². The van der Waals surface area contributed by atoms with Crippen LogP contribution in [-0.4, -0.2) is 15.7 Å². The van der Waals surface area contributed by atoms with Crippen LogP contribution in [0.15, 0.2) is 36.5 Å². The van der Waals surface area contributed by atoms with E-state index in [0.717, 1.165) is 16.6 Å². The highest BCUT2D eigenvalue weighted by molar-refractivity contribution is 5.86. The van der Waals surface area contributed by atoms with Crippen LogP contribution in [0.3, 0.4) is 0 Å². The summed E-state index contributed by atoms with van der Waals surface area (Å²) in [5.41, 5.74) is 2.58. The third-order valence-corrected chi connectivity index (χ3v) is 4.14. The molecule has 2 heterocycles. The molecule has 2 aromatic heterocycles. The van der Waals surface area contributed by atoms with Gasteiger partial charge in [0.15, 0.2) is 0 Å². The smallest absolute Gasteiger partial charge is 0.213 e. The van der Waals surface area contributed by atoms with Crippen LogP contribution in [0.2, 0.25) is 0 Å². The molecule has 0 aliphatic rings. The summed E-state index contributed by atoms with van der Waals surface area (Å²) in [4.78, 5) is 3.57. The molecule has 0 N–H and O–H groups in total. The molecule has 3 rings (SSSR count). The number of aryl methyl sites for hydroxylation is 1. The van der Waals surface area contributed by atoms with E-state index in [1.807, 2.05) is 36.6 Å². The molecule has 0 saturated heterocycles. The lowest BCUT2D eigenvalue weighted by atomic mass is 10.0. The Labute approximate surface area is 144 Å². The molecule has 6 heteroatoms. The van der Waals surface area contributed by atoms with Crippen LogP contribution < -0.4 is 4.74 Å². The number of aromatic nitrogens is 2. The van der Waals surface area contributed by atoms with Crippen LogP contribution in [-0.2, 0) is 13.2 Å². The van der Waals surface area contributed by atoms with E-state index in [-0.39, 0.29) is 6.10 Å². The molecule has 0 aliphatic heterocycles. The molecule has 1 unspecified atom stereocenters. The van der Waals surface area contributed by atoms with Gasteiger partial charge in [0, 0.05) is 22.2 Å². The topological polar surface area (TPSA) is 50.8 Å². The Hall–Kier alpha value is -2.94. The number of nitriles is 1. The summed E-state index contributed by atoms with van der Waals surface area (Å²) in [5, 5.41) is 9.88. The first kappa shape index (κ1) is 16.9. The molecule has 0 saturated carbocycles. The SMILES string of the molecule is Cc1cc2c(CF)c(C#N)ccc2n1CC(C)Oc1ccc(F)nc1. The van der Waals surface area contributed by atoms with Crippen molar-refractivity contribution in [3.05, 3.63) is 59.3 Å². The van der Waals surface area contributed by atoms with Gasteiger partial charge < -0.3 is 9.30 Å². The van der Waals surface area contributed by atoms with E-state index in [0.29, 0.717) is 23.4 Å². The molecule has 0 bridgehead atoms. The number of benzene rings is 1. The van der Waals surface area contributed by atoms with Crippen LogP contribution in [0.1, 0.15) is 23.7 Å². The molecular formula is C19H17F2N3O. The van der Waals surface area contributed by atoms with E-state index in [9.17, 15) is 8.78 Å². The monoisotopic (exact) mass is 341 g/mol. The zero-order valence-electron chi connectivity index (χ0n) is 14.0. The predicted octanol–water partition coefficient (Wildman–Crippen LogP) is 4.29. The minimum absolute atomic E-state index is 0.203. The average Bonchev–Trinajstić information content (AvgIpc) is 2.91. The highest BCUT2D eigenvalue weighted by Gasteiger charge is 2.15. The number of halogens is 2. The molecular weight excluding hydrogens is 324 g/mol. The molecule has 0 amide bonds. The van der Waals surface area contributed by atoms with Gasteiger partial charge in [-0.1, -0.05) is 0 Å². The summed E-state index contributed by atoms with van der Waals surface area (Å²) >= 11 is 0. The molecule has 128 valence electrons. The number of nitrogens with zero attached hydrogens (tertiary/aromatic N) is 3. The Morgan fingerprint density at radius 3 is 2.76 bits per heavy atom. The summed E-state index contributed by atoms with van der Waals surface area (Å²) in [5.74, 6) is -0.0708. The van der Waals surface area contributed by atoms with Crippen molar-refractivity contribution in [2.75, 3.05) is 0 Å². The van der Waals surface area contributed by atoms with Gasteiger partial charge in [0.2, 0.25) is 5.95 Å². The number of ether oxygens (including phenoxy) is 1. The van der Waals surface area contributed by atoms with Crippen LogP contribution in [0.4, 0.5) is 8.78 Å². The van der Waals surface area contributed by atoms with Crippen molar-refractivity contribution < 1.29 is 13.5 Å². The maximum Gasteiger partial charge on any atom is 0.213 e. The normalized spacial score (nSPS) is 12.1. The second kappa shape index (κ2) is 6.89. The standard InChI is InChI=1S/C19H17F2N3O/c1-12-7-16-17(8-20)14(9-22)3-5-18(16)24(12)11-13(2)25-15-4-6-19(21)23-10-15/h3-7,10,13H,8,11H2,1-2H3. The predicted molar refractivity (Wildman–Crippen MR) is 90.5 cm³/mol. The van der Waals surface area contributed by atoms with Gasteiger partial charge in [-0.25, -0.2) is 9.37 Å². The Morgan fingerprint density at radius 1 is 1.32 bits per heavy atom. The van der Waals surface area contributed by atoms with Gasteiger partial charge in [0.05, 0.1) is 24.4 Å². The first-order chi connectivity index (χ1) is 12.0. The van der Waals surface area contributed by atoms with Crippen LogP contribution >= 0.6 is 0 Å². The van der Waals surface area contributed by atoms with E-state index < -0.39 is 12.6 Å². The molecule has 1 aromatic carbocycles. The molecule has 25 heavy (non-hydrogen) atoms. The van der Waals surface area contributed by atoms with Gasteiger partial charge >= 0.3 is 0 Å². The Balaban J connectivity index is 1.89. The zero-order valence-corrected chi connectivity index (χ0v) is 14.0. The first-order valence-electron chi connectivity index (χ1n) is 7.89. The lowest BCUT2D eigenvalue weighted by molar-refractivity contribution is 0.199. The van der Waals surface area contributed by atoms with Crippen molar-refractivity contribution in [3.63, 3.8) is 0 Å². The van der Waals surface area contributed by atoms with Crippen LogP contribution in [0.5, 0.6) is 5.75 Å². The number of rotatable bonds is 5. The van der Waals surface area contributed by atoms with Crippen LogP contribution in [0, 0.1) is 24.2 Å². The molecule has 0 radical (unpaired) electrons. The third kappa shape index (κ3) is 3.31. The molecule has 0 fully saturated rings. The van der Waals surface area contributed by atoms with Crippen molar-refractivity contribution >= 4 is 10.9 Å². The van der Waals surface area contributed by atoms with E-state index in [1.54, 1.807) is 6.07 Å². The number of pyridine rings is 1. The quantitative estimate of drug-likeness (QED) is 0.651. The second-order valence-corrected chi connectivity index (χ2v) is 5.91. The molecule has 0 spiro atoms. The van der Waals surface area contributed by atoms with Gasteiger partial charge in [-0.2, -0.15) is 9.65 Å². The summed E-state index contributed by atoms with van der Waals surface area (Å²) < 4.78 is 34.1. The van der Waals surface area contributed by atoms with E-state index in [1.165, 1.54) is 18.3 Å². The van der Waals surface area contributed by atoms with Gasteiger partial charge in [-0.05, 0) is 44.2 Å². The Bertz CT molecular complexity index is 942. The number of hydrogen-bond acceptors (Lipinski definition) is 3. The molecule has 0 aliphatic carbocycles. The summed E-state index contributed by atoms with van der Waals surface area (Å²) in [6.45, 7) is 3.68. The maximum absolute atomic E-state index is 13.4. The average molecular weight is 341 g/mol. The fraction of sp³-hybridized carbons (Fsp3) is 0.263. The van der Waals surface area contributed by atoms with Crippen molar-refractivity contribution in [1.82, 2.24) is 9.55 Å². The summed E-state index contributed by atoms with van der Waals surface area (Å²) in [7, 11) is 0. The third-order valence-electron chi connectivity index (χ3n) is 4.14. The molecule has 1 atom stereocenters. The van der Waals surface area contributed by atoms with Crippen molar-refractivity contribution in [2.45, 2.75) is 33.2 Å². The minimum Gasteiger partial charge on any atom is -0.487 e. The van der Waals surface area contributed by atoms with E-state index in [2.05, 4.69) is 4.98 Å². The Kier molecular flexibility index (Phi) is 4.66. The van der Waals surface area contributed by atoms with Gasteiger partial charge in [0.1, 0.15) is 18.5 Å². The fourth-order valence-corrected chi connectivity index (χ4v) is 2.98. The van der Waals surface area contributed by atoms with E-state index in [4.69, 9.17) is 10.00 Å². The first-order valence-corrected chi connectivity index (χ1v) is 7.89. The summed E-state index contributed by atoms with van der Waals surface area (Å²) in [6, 6.07) is 10.2. The maximum atomic E-state index is 13.4. The zero-order chi connectivity index (χ0) is 18.0. The van der Waals surface area contributed by atoms with Gasteiger partial charge in [-0.3, -0.25) is 0 Å². The number of alkyl halides is 1. The highest BCUT2D eigenvalue weighted by atomic mass is 19.1. The molecule has 3 aromatic rings. The fourth-order valence-electron chi connectivity index (χ4n) is 2.98. The van der Waals surface area contributed by atoms with Crippen molar-refractivity contribution in [3.8, 4) is 11.8 Å². The van der Waals surface area contributed by atoms with Crippen molar-refractivity contribution in [1.29, 1.82) is 5.26 Å². The van der Waals surface area contributed by atoms with E-state index >= 15 is 0 Å². The minimum atomic E-state index is -0.684. The van der Waals surface area contributed by atoms with Crippen molar-refractivity contribution in [2.24, 2.45) is 0 Å². The highest BCUT2D eigenvalue weighted by Crippen LogP contribution is 2.27. The number of fused-ring (bicyclic) bond motifs is 1.